The summed E-state index contributed by atoms with van der Waals surface area (Å²) in [5.41, 5.74) is 7.10. The molecule has 2 aromatic carbocycles. The number of nitrogens with one attached hydrogen (secondary N) is 1. The summed E-state index contributed by atoms with van der Waals surface area (Å²) >= 11 is 0. The molecule has 0 aliphatic carbocycles. The Morgan fingerprint density at radius 2 is 1.86 bits per heavy atom. The van der Waals surface area contributed by atoms with Crippen LogP contribution in [0.1, 0.15) is 11.3 Å². The van der Waals surface area contributed by atoms with Gasteiger partial charge in [0.05, 0.1) is 33.6 Å². The Morgan fingerprint density at radius 1 is 1.11 bits per heavy atom. The van der Waals surface area contributed by atoms with Crippen LogP contribution in [0.4, 0.5) is 11.4 Å². The lowest BCUT2D eigenvalue weighted by Crippen LogP contribution is -1.97. The largest absolute Gasteiger partial charge is 0.278 e. The van der Waals surface area contributed by atoms with Crippen molar-refractivity contribution in [1.29, 1.82) is 0 Å². The molecular formula is C20H16N6O2. The second-order valence-electron chi connectivity index (χ2n) is 6.11. The molecule has 2 aromatic heterocycles. The van der Waals surface area contributed by atoms with E-state index in [2.05, 4.69) is 20.6 Å². The van der Waals surface area contributed by atoms with E-state index in [0.717, 1.165) is 33.7 Å². The molecule has 0 unspecified atom stereocenters. The molecule has 0 radical (unpaired) electrons. The van der Waals surface area contributed by atoms with Gasteiger partial charge in [-0.3, -0.25) is 15.5 Å². The number of aromatic nitrogens is 3. The van der Waals surface area contributed by atoms with Crippen LogP contribution in [-0.2, 0) is 0 Å². The first-order chi connectivity index (χ1) is 13.6. The van der Waals surface area contributed by atoms with Gasteiger partial charge in [-0.15, -0.1) is 0 Å². The summed E-state index contributed by atoms with van der Waals surface area (Å²) in [6, 6.07) is 17.8. The molecule has 28 heavy (non-hydrogen) atoms. The fourth-order valence-corrected chi connectivity index (χ4v) is 2.92. The Morgan fingerprint density at radius 3 is 2.57 bits per heavy atom. The summed E-state index contributed by atoms with van der Waals surface area (Å²) < 4.78 is 1.80. The second kappa shape index (κ2) is 7.28. The Labute approximate surface area is 160 Å². The van der Waals surface area contributed by atoms with Gasteiger partial charge in [0.15, 0.2) is 5.65 Å². The molecule has 0 bridgehead atoms. The van der Waals surface area contributed by atoms with Gasteiger partial charge in [-0.25, -0.2) is 9.67 Å². The van der Waals surface area contributed by atoms with E-state index in [9.17, 15) is 10.1 Å². The summed E-state index contributed by atoms with van der Waals surface area (Å²) in [6.45, 7) is 1.93. The summed E-state index contributed by atoms with van der Waals surface area (Å²) in [5, 5.41) is 20.5. The Bertz CT molecular complexity index is 1170. The van der Waals surface area contributed by atoms with Gasteiger partial charge in [-0.1, -0.05) is 18.2 Å². The maximum atomic E-state index is 10.7. The molecule has 0 amide bonds. The summed E-state index contributed by atoms with van der Waals surface area (Å²) in [5.74, 6) is 0. The minimum atomic E-state index is -0.431. The van der Waals surface area contributed by atoms with E-state index in [1.807, 2.05) is 43.3 Å². The van der Waals surface area contributed by atoms with Crippen LogP contribution in [0.3, 0.4) is 0 Å². The fourth-order valence-electron chi connectivity index (χ4n) is 2.92. The van der Waals surface area contributed by atoms with Crippen molar-refractivity contribution >= 4 is 28.6 Å². The van der Waals surface area contributed by atoms with Crippen molar-refractivity contribution in [3.05, 3.63) is 88.2 Å². The predicted octanol–water partition coefficient (Wildman–Crippen LogP) is 4.08. The molecule has 0 spiro atoms. The molecular weight excluding hydrogens is 356 g/mol. The molecule has 8 heteroatoms. The highest BCUT2D eigenvalue weighted by atomic mass is 16.6. The zero-order chi connectivity index (χ0) is 19.5. The summed E-state index contributed by atoms with van der Waals surface area (Å²) in [7, 11) is 0. The predicted molar refractivity (Wildman–Crippen MR) is 108 cm³/mol. The van der Waals surface area contributed by atoms with Crippen LogP contribution in [0.2, 0.25) is 0 Å². The standard InChI is InChI=1S/C20H16N6O2/c1-14-19-18(23-22-13-15-7-9-17(10-8-15)26(27)28)11-12-21-20(19)25(24-14)16-5-3-2-4-6-16/h2-13H,1H3,(H,21,23)/b22-13+. The van der Waals surface area contributed by atoms with E-state index < -0.39 is 4.92 Å². The lowest BCUT2D eigenvalue weighted by molar-refractivity contribution is -0.384. The monoisotopic (exact) mass is 372 g/mol. The molecule has 0 aliphatic rings. The van der Waals surface area contributed by atoms with Crippen LogP contribution in [0, 0.1) is 17.0 Å². The van der Waals surface area contributed by atoms with Gasteiger partial charge in [-0.2, -0.15) is 10.2 Å². The van der Waals surface area contributed by atoms with Crippen molar-refractivity contribution in [2.24, 2.45) is 5.10 Å². The maximum Gasteiger partial charge on any atom is 0.269 e. The minimum absolute atomic E-state index is 0.0462. The van der Waals surface area contributed by atoms with Crippen LogP contribution in [-0.4, -0.2) is 25.9 Å². The number of hydrogen-bond acceptors (Lipinski definition) is 6. The number of anilines is 1. The van der Waals surface area contributed by atoms with E-state index >= 15 is 0 Å². The van der Waals surface area contributed by atoms with Crippen LogP contribution in [0.25, 0.3) is 16.7 Å². The number of rotatable bonds is 5. The fraction of sp³-hybridized carbons (Fsp3) is 0.0500. The number of benzene rings is 2. The third kappa shape index (κ3) is 3.30. The number of hydrogen-bond donors (Lipinski definition) is 1. The number of non-ortho nitro benzene ring substituents is 1. The SMILES string of the molecule is Cc1nn(-c2ccccc2)c2nccc(N/N=C/c3ccc([N+](=O)[O-])cc3)c12. The topological polar surface area (TPSA) is 98.2 Å². The number of aryl methyl sites for hydroxylation is 1. The number of pyridine rings is 1. The molecule has 0 saturated carbocycles. The van der Waals surface area contributed by atoms with Gasteiger partial charge in [0, 0.05) is 18.3 Å². The molecule has 8 nitrogen and oxygen atoms in total. The Hall–Kier alpha value is -4.07. The first-order valence-electron chi connectivity index (χ1n) is 8.57. The van der Waals surface area contributed by atoms with Crippen LogP contribution < -0.4 is 5.43 Å². The molecule has 138 valence electrons. The number of fused-ring (bicyclic) bond motifs is 1. The molecule has 0 fully saturated rings. The maximum absolute atomic E-state index is 10.7. The third-order valence-electron chi connectivity index (χ3n) is 4.25. The highest BCUT2D eigenvalue weighted by Gasteiger charge is 2.13. The van der Waals surface area contributed by atoms with E-state index in [-0.39, 0.29) is 5.69 Å². The number of nitro benzene ring substituents is 1. The number of hydrazone groups is 1. The van der Waals surface area contributed by atoms with Gasteiger partial charge in [0.1, 0.15) is 0 Å². The van der Waals surface area contributed by atoms with Gasteiger partial charge in [-0.05, 0) is 42.8 Å². The molecule has 1 N–H and O–H groups in total. The summed E-state index contributed by atoms with van der Waals surface area (Å²) in [4.78, 5) is 14.8. The molecule has 0 atom stereocenters. The quantitative estimate of drug-likeness (QED) is 0.323. The third-order valence-corrected chi connectivity index (χ3v) is 4.25. The normalized spacial score (nSPS) is 11.2. The number of nitrogens with zero attached hydrogens (tertiary/aromatic N) is 5. The van der Waals surface area contributed by atoms with Crippen molar-refractivity contribution in [2.45, 2.75) is 6.92 Å². The molecule has 4 aromatic rings. The average Bonchev–Trinajstić information content (AvgIpc) is 3.07. The minimum Gasteiger partial charge on any atom is -0.278 e. The first kappa shape index (κ1) is 17.3. The smallest absolute Gasteiger partial charge is 0.269 e. The van der Waals surface area contributed by atoms with Gasteiger partial charge in [0.2, 0.25) is 0 Å². The second-order valence-corrected chi connectivity index (χ2v) is 6.11. The lowest BCUT2D eigenvalue weighted by atomic mass is 10.2. The van der Waals surface area contributed by atoms with E-state index in [1.165, 1.54) is 12.1 Å². The van der Waals surface area contributed by atoms with Crippen molar-refractivity contribution in [2.75, 3.05) is 5.43 Å². The van der Waals surface area contributed by atoms with Gasteiger partial charge in [0.25, 0.3) is 5.69 Å². The van der Waals surface area contributed by atoms with E-state index in [4.69, 9.17) is 0 Å². The van der Waals surface area contributed by atoms with E-state index in [0.29, 0.717) is 0 Å². The van der Waals surface area contributed by atoms with Gasteiger partial charge < -0.3 is 0 Å². The van der Waals surface area contributed by atoms with Gasteiger partial charge >= 0.3 is 0 Å². The zero-order valence-electron chi connectivity index (χ0n) is 15.0. The number of nitro groups is 1. The summed E-state index contributed by atoms with van der Waals surface area (Å²) in [6.07, 6.45) is 3.31. The molecule has 0 saturated heterocycles. The van der Waals surface area contributed by atoms with Crippen molar-refractivity contribution < 1.29 is 4.92 Å². The van der Waals surface area contributed by atoms with Crippen molar-refractivity contribution in [3.63, 3.8) is 0 Å². The van der Waals surface area contributed by atoms with Crippen LogP contribution in [0.15, 0.2) is 72.0 Å². The van der Waals surface area contributed by atoms with Crippen LogP contribution >= 0.6 is 0 Å². The van der Waals surface area contributed by atoms with E-state index in [1.54, 1.807) is 29.2 Å². The highest BCUT2D eigenvalue weighted by molar-refractivity contribution is 5.92. The average molecular weight is 372 g/mol. The zero-order valence-corrected chi connectivity index (χ0v) is 15.0. The molecule has 4 rings (SSSR count). The number of para-hydroxylation sites is 1. The highest BCUT2D eigenvalue weighted by Crippen LogP contribution is 2.27. The van der Waals surface area contributed by atoms with Crippen LogP contribution in [0.5, 0.6) is 0 Å². The Balaban J connectivity index is 1.63. The first-order valence-corrected chi connectivity index (χ1v) is 8.57. The molecule has 2 heterocycles. The van der Waals surface area contributed by atoms with Crippen molar-refractivity contribution in [1.82, 2.24) is 14.8 Å². The Kier molecular flexibility index (Phi) is 4.51. The lowest BCUT2D eigenvalue weighted by Gasteiger charge is -2.04. The molecule has 0 aliphatic heterocycles. The van der Waals surface area contributed by atoms with Crippen molar-refractivity contribution in [3.8, 4) is 5.69 Å².